The molecule has 1 aromatic heterocycles. The Hall–Kier alpha value is -1.95. The van der Waals surface area contributed by atoms with E-state index in [2.05, 4.69) is 4.98 Å². The molecular weight excluding hydrogens is 282 g/mol. The number of hydrogen-bond acceptors (Lipinski definition) is 4. The number of carbonyl (C=O) groups excluding carboxylic acids is 2. The molecule has 2 aliphatic heterocycles. The summed E-state index contributed by atoms with van der Waals surface area (Å²) < 4.78 is 0. The summed E-state index contributed by atoms with van der Waals surface area (Å²) in [5.74, 6) is -0.158. The summed E-state index contributed by atoms with van der Waals surface area (Å²) in [6.45, 7) is 2.20. The zero-order valence-corrected chi connectivity index (χ0v) is 12.5. The quantitative estimate of drug-likeness (QED) is 0.878. The number of aliphatic hydroxyl groups excluding tert-OH is 1. The van der Waals surface area contributed by atoms with Crippen LogP contribution >= 0.6 is 0 Å². The lowest BCUT2D eigenvalue weighted by atomic mass is 10.0. The van der Waals surface area contributed by atoms with E-state index in [-0.39, 0.29) is 23.8 Å². The molecule has 1 aromatic rings. The molecule has 118 valence electrons. The highest BCUT2D eigenvalue weighted by molar-refractivity contribution is 5.89. The lowest BCUT2D eigenvalue weighted by Gasteiger charge is -2.31. The maximum atomic E-state index is 12.5. The molecule has 0 unspecified atom stereocenters. The molecule has 2 fully saturated rings. The maximum absolute atomic E-state index is 12.5. The number of likely N-dealkylation sites (tertiary alicyclic amines) is 2. The lowest BCUT2D eigenvalue weighted by molar-refractivity contribution is -0.137. The summed E-state index contributed by atoms with van der Waals surface area (Å²) in [6, 6.07) is 3.77. The van der Waals surface area contributed by atoms with Crippen molar-refractivity contribution in [2.24, 2.45) is 5.92 Å². The summed E-state index contributed by atoms with van der Waals surface area (Å²) >= 11 is 0. The molecular formula is C16H21N3O3. The Balaban J connectivity index is 1.58. The Kier molecular flexibility index (Phi) is 4.38. The van der Waals surface area contributed by atoms with E-state index in [1.807, 2.05) is 12.1 Å². The summed E-state index contributed by atoms with van der Waals surface area (Å²) in [5, 5.41) is 9.52. The van der Waals surface area contributed by atoms with Crippen LogP contribution in [0.4, 0.5) is 0 Å². The first-order valence-corrected chi connectivity index (χ1v) is 7.77. The largest absolute Gasteiger partial charge is 0.393 e. The van der Waals surface area contributed by atoms with E-state index in [0.717, 1.165) is 5.56 Å². The normalized spacial score (nSPS) is 23.1. The van der Waals surface area contributed by atoms with Crippen LogP contribution in [0.3, 0.4) is 0 Å². The van der Waals surface area contributed by atoms with Gasteiger partial charge in [0.05, 0.1) is 12.0 Å². The molecule has 6 heteroatoms. The van der Waals surface area contributed by atoms with E-state index in [1.54, 1.807) is 22.2 Å². The molecule has 0 spiro atoms. The summed E-state index contributed by atoms with van der Waals surface area (Å²) in [4.78, 5) is 32.1. The van der Waals surface area contributed by atoms with Crippen LogP contribution in [0.2, 0.25) is 0 Å². The zero-order valence-electron chi connectivity index (χ0n) is 12.5. The van der Waals surface area contributed by atoms with Gasteiger partial charge in [-0.1, -0.05) is 0 Å². The Labute approximate surface area is 129 Å². The van der Waals surface area contributed by atoms with Crippen molar-refractivity contribution in [3.63, 3.8) is 0 Å². The average Bonchev–Trinajstić information content (AvgIpc) is 2.89. The van der Waals surface area contributed by atoms with Gasteiger partial charge in [-0.3, -0.25) is 14.6 Å². The third kappa shape index (κ3) is 3.27. The summed E-state index contributed by atoms with van der Waals surface area (Å²) in [7, 11) is 0. The van der Waals surface area contributed by atoms with E-state index < -0.39 is 0 Å². The average molecular weight is 303 g/mol. The van der Waals surface area contributed by atoms with Crippen molar-refractivity contribution >= 4 is 11.8 Å². The predicted molar refractivity (Wildman–Crippen MR) is 79.6 cm³/mol. The van der Waals surface area contributed by atoms with Crippen LogP contribution in [0.25, 0.3) is 0 Å². The summed E-state index contributed by atoms with van der Waals surface area (Å²) in [5.41, 5.74) is 1.03. The maximum Gasteiger partial charge on any atom is 0.227 e. The number of nitrogens with zero attached hydrogens (tertiary/aromatic N) is 3. The number of pyridine rings is 1. The van der Waals surface area contributed by atoms with Crippen LogP contribution in [0, 0.1) is 5.92 Å². The van der Waals surface area contributed by atoms with Crippen LogP contribution in [-0.2, 0) is 16.1 Å². The SMILES string of the molecule is O=C1C[C@H](C(=O)N2CCC(O)CC2)CN1Cc1ccncc1. The number of carbonyl (C=O) groups is 2. The molecule has 2 aliphatic rings. The molecule has 3 heterocycles. The van der Waals surface area contributed by atoms with Crippen molar-refractivity contribution in [2.75, 3.05) is 19.6 Å². The van der Waals surface area contributed by atoms with Crippen molar-refractivity contribution < 1.29 is 14.7 Å². The van der Waals surface area contributed by atoms with Gasteiger partial charge >= 0.3 is 0 Å². The first-order valence-electron chi connectivity index (χ1n) is 7.77. The van der Waals surface area contributed by atoms with Crippen molar-refractivity contribution in [2.45, 2.75) is 31.9 Å². The molecule has 6 nitrogen and oxygen atoms in total. The number of piperidine rings is 1. The molecule has 1 atom stereocenters. The highest BCUT2D eigenvalue weighted by Crippen LogP contribution is 2.23. The number of hydrogen-bond donors (Lipinski definition) is 1. The Morgan fingerprint density at radius 1 is 1.27 bits per heavy atom. The van der Waals surface area contributed by atoms with Gasteiger partial charge in [0.15, 0.2) is 0 Å². The molecule has 2 saturated heterocycles. The number of aliphatic hydroxyl groups is 1. The minimum atomic E-state index is -0.294. The molecule has 0 bridgehead atoms. The van der Waals surface area contributed by atoms with E-state index in [9.17, 15) is 14.7 Å². The molecule has 0 saturated carbocycles. The van der Waals surface area contributed by atoms with Crippen LogP contribution < -0.4 is 0 Å². The molecule has 1 N–H and O–H groups in total. The first-order chi connectivity index (χ1) is 10.6. The molecule has 0 aromatic carbocycles. The highest BCUT2D eigenvalue weighted by atomic mass is 16.3. The van der Waals surface area contributed by atoms with Crippen LogP contribution in [0.1, 0.15) is 24.8 Å². The third-order valence-electron chi connectivity index (χ3n) is 4.46. The third-order valence-corrected chi connectivity index (χ3v) is 4.46. The Morgan fingerprint density at radius 3 is 2.64 bits per heavy atom. The molecule has 0 aliphatic carbocycles. The van der Waals surface area contributed by atoms with Gasteiger partial charge in [0.25, 0.3) is 0 Å². The number of amides is 2. The van der Waals surface area contributed by atoms with Gasteiger partial charge < -0.3 is 14.9 Å². The molecule has 22 heavy (non-hydrogen) atoms. The molecule has 0 radical (unpaired) electrons. The van der Waals surface area contributed by atoms with Gasteiger partial charge in [0.2, 0.25) is 11.8 Å². The van der Waals surface area contributed by atoms with Gasteiger partial charge in [0, 0.05) is 45.0 Å². The molecule has 2 amide bonds. The standard InChI is InChI=1S/C16H21N3O3/c20-14-3-7-18(8-4-14)16(22)13-9-15(21)19(11-13)10-12-1-5-17-6-2-12/h1-2,5-6,13-14,20H,3-4,7-11H2/t13-/m0/s1. The second kappa shape index (κ2) is 6.44. The van der Waals surface area contributed by atoms with Gasteiger partial charge in [-0.2, -0.15) is 0 Å². The fourth-order valence-electron chi connectivity index (χ4n) is 3.14. The fraction of sp³-hybridized carbons (Fsp3) is 0.562. The van der Waals surface area contributed by atoms with E-state index in [1.165, 1.54) is 0 Å². The second-order valence-corrected chi connectivity index (χ2v) is 6.09. The fourth-order valence-corrected chi connectivity index (χ4v) is 3.14. The minimum absolute atomic E-state index is 0.0345. The minimum Gasteiger partial charge on any atom is -0.393 e. The number of aromatic nitrogens is 1. The Bertz CT molecular complexity index is 541. The van der Waals surface area contributed by atoms with Crippen molar-refractivity contribution in [3.05, 3.63) is 30.1 Å². The van der Waals surface area contributed by atoms with E-state index in [4.69, 9.17) is 0 Å². The molecule has 3 rings (SSSR count). The van der Waals surface area contributed by atoms with Gasteiger partial charge in [-0.15, -0.1) is 0 Å². The highest BCUT2D eigenvalue weighted by Gasteiger charge is 2.37. The van der Waals surface area contributed by atoms with E-state index >= 15 is 0 Å². The van der Waals surface area contributed by atoms with E-state index in [0.29, 0.717) is 45.4 Å². The predicted octanol–water partition coefficient (Wildman–Crippen LogP) is 0.413. The van der Waals surface area contributed by atoms with Crippen molar-refractivity contribution in [1.82, 2.24) is 14.8 Å². The lowest BCUT2D eigenvalue weighted by Crippen LogP contribution is -2.43. The monoisotopic (exact) mass is 303 g/mol. The topological polar surface area (TPSA) is 73.7 Å². The second-order valence-electron chi connectivity index (χ2n) is 6.09. The van der Waals surface area contributed by atoms with Crippen LogP contribution in [0.5, 0.6) is 0 Å². The first kappa shape index (κ1) is 15.0. The van der Waals surface area contributed by atoms with Crippen LogP contribution in [0.15, 0.2) is 24.5 Å². The zero-order chi connectivity index (χ0) is 15.5. The number of rotatable bonds is 3. The van der Waals surface area contributed by atoms with Gasteiger partial charge in [-0.05, 0) is 30.5 Å². The smallest absolute Gasteiger partial charge is 0.227 e. The van der Waals surface area contributed by atoms with Crippen LogP contribution in [-0.4, -0.2) is 57.4 Å². The van der Waals surface area contributed by atoms with Crippen molar-refractivity contribution in [3.8, 4) is 0 Å². The van der Waals surface area contributed by atoms with Gasteiger partial charge in [-0.25, -0.2) is 0 Å². The summed E-state index contributed by atoms with van der Waals surface area (Å²) in [6.07, 6.45) is 4.68. The van der Waals surface area contributed by atoms with Crippen molar-refractivity contribution in [1.29, 1.82) is 0 Å². The Morgan fingerprint density at radius 2 is 1.95 bits per heavy atom. The van der Waals surface area contributed by atoms with Gasteiger partial charge in [0.1, 0.15) is 0 Å².